The zero-order valence-corrected chi connectivity index (χ0v) is 18.1. The smallest absolute Gasteiger partial charge is 0.0401 e. The van der Waals surface area contributed by atoms with Crippen molar-refractivity contribution in [2.24, 2.45) is 0 Å². The second-order valence-electron chi connectivity index (χ2n) is 8.12. The zero-order valence-electron chi connectivity index (χ0n) is 17.3. The first-order chi connectivity index (χ1) is 14.9. The van der Waals surface area contributed by atoms with Gasteiger partial charge in [0.15, 0.2) is 0 Å². The normalized spacial score (nSPS) is 19.9. The van der Waals surface area contributed by atoms with Gasteiger partial charge in [-0.2, -0.15) is 0 Å². The van der Waals surface area contributed by atoms with Gasteiger partial charge < -0.3 is 0 Å². The van der Waals surface area contributed by atoms with E-state index in [1.807, 2.05) is 11.8 Å². The van der Waals surface area contributed by atoms with Gasteiger partial charge in [-0.1, -0.05) is 90.6 Å². The maximum Gasteiger partial charge on any atom is 0.0401 e. The van der Waals surface area contributed by atoms with Crippen LogP contribution in [0.25, 0.3) is 6.08 Å². The molecule has 0 aliphatic carbocycles. The molecule has 1 saturated heterocycles. The number of rotatable bonds is 4. The molecule has 2 aliphatic rings. The Morgan fingerprint density at radius 3 is 2.30 bits per heavy atom. The van der Waals surface area contributed by atoms with Gasteiger partial charge >= 0.3 is 0 Å². The molecule has 30 heavy (non-hydrogen) atoms. The first-order valence-corrected chi connectivity index (χ1v) is 11.7. The summed E-state index contributed by atoms with van der Waals surface area (Å²) < 4.78 is 0. The van der Waals surface area contributed by atoms with Crippen LogP contribution < -0.4 is 0 Å². The summed E-state index contributed by atoms with van der Waals surface area (Å²) in [6, 6.07) is 29.0. The number of hydrogen-bond acceptors (Lipinski definition) is 3. The Morgan fingerprint density at radius 1 is 0.767 bits per heavy atom. The summed E-state index contributed by atoms with van der Waals surface area (Å²) >= 11 is 1.93. The standard InChI is InChI=1S/C27H28N2S/c1-2-9-22(10-3-1)11-8-16-28-17-19-29(20-18-28)25-21-23-12-4-6-14-26(23)30-27-15-7-5-13-24(25)27/h1-15,25H,16-21H2/b11-8+. The molecule has 0 aromatic heterocycles. The van der Waals surface area contributed by atoms with Crippen molar-refractivity contribution in [3.63, 3.8) is 0 Å². The van der Waals surface area contributed by atoms with E-state index >= 15 is 0 Å². The van der Waals surface area contributed by atoms with Crippen molar-refractivity contribution in [1.82, 2.24) is 9.80 Å². The summed E-state index contributed by atoms with van der Waals surface area (Å²) in [5, 5.41) is 0. The van der Waals surface area contributed by atoms with Crippen LogP contribution in [0.4, 0.5) is 0 Å². The number of fused-ring (bicyclic) bond motifs is 2. The van der Waals surface area contributed by atoms with Crippen LogP contribution in [0.5, 0.6) is 0 Å². The second-order valence-corrected chi connectivity index (χ2v) is 9.20. The molecule has 0 N–H and O–H groups in total. The van der Waals surface area contributed by atoms with Crippen LogP contribution in [-0.4, -0.2) is 42.5 Å². The van der Waals surface area contributed by atoms with Gasteiger partial charge in [0.25, 0.3) is 0 Å². The van der Waals surface area contributed by atoms with Gasteiger partial charge in [-0.15, -0.1) is 0 Å². The lowest BCUT2D eigenvalue weighted by Crippen LogP contribution is -2.48. The minimum absolute atomic E-state index is 0.472. The third kappa shape index (κ3) is 4.39. The fraction of sp³-hybridized carbons (Fsp3) is 0.259. The van der Waals surface area contributed by atoms with E-state index in [-0.39, 0.29) is 0 Å². The van der Waals surface area contributed by atoms with E-state index in [2.05, 4.69) is 101 Å². The second kappa shape index (κ2) is 9.22. The van der Waals surface area contributed by atoms with E-state index in [1.165, 1.54) is 26.5 Å². The highest BCUT2D eigenvalue weighted by Crippen LogP contribution is 2.42. The first kappa shape index (κ1) is 19.6. The molecule has 0 saturated carbocycles. The predicted molar refractivity (Wildman–Crippen MR) is 127 cm³/mol. The molecular formula is C27H28N2S. The maximum atomic E-state index is 2.71. The van der Waals surface area contributed by atoms with Crippen molar-refractivity contribution >= 4 is 17.8 Å². The summed E-state index contributed by atoms with van der Waals surface area (Å²) in [5.41, 5.74) is 4.26. The molecule has 1 fully saturated rings. The average Bonchev–Trinajstić information content (AvgIpc) is 2.97. The van der Waals surface area contributed by atoms with E-state index in [1.54, 1.807) is 0 Å². The minimum atomic E-state index is 0.472. The molecule has 1 unspecified atom stereocenters. The molecule has 2 nitrogen and oxygen atoms in total. The molecule has 2 heterocycles. The predicted octanol–water partition coefficient (Wildman–Crippen LogP) is 5.77. The van der Waals surface area contributed by atoms with E-state index in [0.717, 1.165) is 39.1 Å². The number of piperazine rings is 1. The lowest BCUT2D eigenvalue weighted by molar-refractivity contribution is 0.101. The molecule has 2 aliphatic heterocycles. The summed E-state index contributed by atoms with van der Waals surface area (Å²) in [6.07, 6.45) is 5.65. The Morgan fingerprint density at radius 2 is 1.47 bits per heavy atom. The Hall–Kier alpha value is -2.33. The molecule has 5 rings (SSSR count). The Bertz CT molecular complexity index is 1010. The maximum absolute atomic E-state index is 2.71. The summed E-state index contributed by atoms with van der Waals surface area (Å²) in [4.78, 5) is 8.11. The zero-order chi connectivity index (χ0) is 20.2. The van der Waals surface area contributed by atoms with Crippen molar-refractivity contribution in [2.75, 3.05) is 32.7 Å². The largest absolute Gasteiger partial charge is 0.297 e. The van der Waals surface area contributed by atoms with Crippen molar-refractivity contribution < 1.29 is 0 Å². The number of hydrogen-bond donors (Lipinski definition) is 0. The SMILES string of the molecule is C(=C\c1ccccc1)/CN1CCN(C2Cc3ccccc3Sc3ccccc32)CC1. The monoisotopic (exact) mass is 412 g/mol. The van der Waals surface area contributed by atoms with Gasteiger partial charge in [0.1, 0.15) is 0 Å². The topological polar surface area (TPSA) is 6.48 Å². The fourth-order valence-corrected chi connectivity index (χ4v) is 5.68. The Balaban J connectivity index is 1.27. The van der Waals surface area contributed by atoms with Gasteiger partial charge in [0.05, 0.1) is 0 Å². The van der Waals surface area contributed by atoms with Crippen molar-refractivity contribution in [3.8, 4) is 0 Å². The fourth-order valence-electron chi connectivity index (χ4n) is 4.54. The van der Waals surface area contributed by atoms with Crippen molar-refractivity contribution in [1.29, 1.82) is 0 Å². The van der Waals surface area contributed by atoms with Crippen LogP contribution in [0.15, 0.2) is 94.7 Å². The highest BCUT2D eigenvalue weighted by Gasteiger charge is 2.29. The van der Waals surface area contributed by atoms with Crippen LogP contribution in [0.2, 0.25) is 0 Å². The highest BCUT2D eigenvalue weighted by molar-refractivity contribution is 7.99. The molecule has 3 aromatic rings. The van der Waals surface area contributed by atoms with Gasteiger partial charge in [-0.25, -0.2) is 0 Å². The average molecular weight is 413 g/mol. The van der Waals surface area contributed by atoms with Gasteiger partial charge in [0, 0.05) is 48.6 Å². The molecule has 0 spiro atoms. The summed E-state index contributed by atoms with van der Waals surface area (Å²) in [7, 11) is 0. The highest BCUT2D eigenvalue weighted by atomic mass is 32.2. The third-order valence-corrected chi connectivity index (χ3v) is 7.41. The van der Waals surface area contributed by atoms with Crippen molar-refractivity contribution in [3.05, 3.63) is 102 Å². The molecule has 0 radical (unpaired) electrons. The summed E-state index contributed by atoms with van der Waals surface area (Å²) in [6.45, 7) is 5.55. The Kier molecular flexibility index (Phi) is 6.03. The van der Waals surface area contributed by atoms with Gasteiger partial charge in [-0.05, 0) is 35.2 Å². The van der Waals surface area contributed by atoms with E-state index in [0.29, 0.717) is 6.04 Å². The third-order valence-electron chi connectivity index (χ3n) is 6.20. The number of nitrogens with zero attached hydrogens (tertiary/aromatic N) is 2. The lowest BCUT2D eigenvalue weighted by atomic mass is 9.96. The molecular weight excluding hydrogens is 384 g/mol. The molecule has 3 heteroatoms. The Labute approximate surface area is 184 Å². The summed E-state index contributed by atoms with van der Waals surface area (Å²) in [5.74, 6) is 0. The van der Waals surface area contributed by atoms with Gasteiger partial charge in [-0.3, -0.25) is 9.80 Å². The van der Waals surface area contributed by atoms with Crippen LogP contribution in [0.1, 0.15) is 22.7 Å². The molecule has 0 amide bonds. The van der Waals surface area contributed by atoms with Crippen LogP contribution in [0.3, 0.4) is 0 Å². The van der Waals surface area contributed by atoms with Gasteiger partial charge in [0.2, 0.25) is 0 Å². The van der Waals surface area contributed by atoms with E-state index in [4.69, 9.17) is 0 Å². The lowest BCUT2D eigenvalue weighted by Gasteiger charge is -2.39. The number of benzene rings is 3. The first-order valence-electron chi connectivity index (χ1n) is 10.9. The van der Waals surface area contributed by atoms with Crippen LogP contribution in [-0.2, 0) is 6.42 Å². The quantitative estimate of drug-likeness (QED) is 0.537. The molecule has 3 aromatic carbocycles. The minimum Gasteiger partial charge on any atom is -0.297 e. The van der Waals surface area contributed by atoms with Crippen LogP contribution in [0, 0.1) is 0 Å². The van der Waals surface area contributed by atoms with E-state index in [9.17, 15) is 0 Å². The van der Waals surface area contributed by atoms with Crippen molar-refractivity contribution in [2.45, 2.75) is 22.3 Å². The molecule has 0 bridgehead atoms. The van der Waals surface area contributed by atoms with E-state index < -0.39 is 0 Å². The molecule has 152 valence electrons. The van der Waals surface area contributed by atoms with Crippen LogP contribution >= 0.6 is 11.8 Å². The molecule has 1 atom stereocenters.